The molecule has 0 radical (unpaired) electrons. The van der Waals surface area contributed by atoms with Crippen LogP contribution in [0.2, 0.25) is 0 Å². The third kappa shape index (κ3) is 7.32. The van der Waals surface area contributed by atoms with Gasteiger partial charge in [0, 0.05) is 6.54 Å². The van der Waals surface area contributed by atoms with E-state index < -0.39 is 12.0 Å². The van der Waals surface area contributed by atoms with Gasteiger partial charge in [-0.05, 0) is 35.8 Å². The van der Waals surface area contributed by atoms with Gasteiger partial charge in [-0.3, -0.25) is 4.99 Å². The number of hydrogen-bond acceptors (Lipinski definition) is 4. The number of guanidine groups is 1. The Labute approximate surface area is 156 Å². The number of rotatable bonds is 8. The largest absolute Gasteiger partial charge is 0.425 e. The van der Waals surface area contributed by atoms with Gasteiger partial charge in [0.2, 0.25) is 0 Å². The highest BCUT2D eigenvalue weighted by molar-refractivity contribution is 5.85. The lowest BCUT2D eigenvalue weighted by molar-refractivity contribution is -0.136. The summed E-state index contributed by atoms with van der Waals surface area (Å²) in [6.07, 6.45) is 1.09. The van der Waals surface area contributed by atoms with Gasteiger partial charge in [-0.2, -0.15) is 0 Å². The second-order valence-corrected chi connectivity index (χ2v) is 6.55. The Morgan fingerprint density at radius 1 is 1.12 bits per heavy atom. The highest BCUT2D eigenvalue weighted by Crippen LogP contribution is 2.34. The van der Waals surface area contributed by atoms with Crippen LogP contribution in [0.5, 0.6) is 5.75 Å². The molecule has 6 N–H and O–H groups in total. The molecule has 1 atom stereocenters. The van der Waals surface area contributed by atoms with Crippen molar-refractivity contribution < 1.29 is 9.53 Å². The molecule has 0 aliphatic rings. The van der Waals surface area contributed by atoms with Crippen LogP contribution in [0.3, 0.4) is 0 Å². The van der Waals surface area contributed by atoms with Crippen molar-refractivity contribution in [2.24, 2.45) is 22.2 Å². The topological polar surface area (TPSA) is 117 Å². The Bertz CT molecular complexity index is 558. The number of aliphatic imine (C=N–C) groups is 1. The number of nitrogens with zero attached hydrogens (tertiary/aromatic N) is 1. The molecular formula is C18H31ClN4O2. The van der Waals surface area contributed by atoms with E-state index in [1.807, 2.05) is 18.2 Å². The van der Waals surface area contributed by atoms with E-state index in [9.17, 15) is 4.79 Å². The van der Waals surface area contributed by atoms with E-state index >= 15 is 0 Å². The third-order valence-electron chi connectivity index (χ3n) is 3.79. The lowest BCUT2D eigenvalue weighted by Gasteiger charge is -2.20. The summed E-state index contributed by atoms with van der Waals surface area (Å²) < 4.78 is 5.69. The van der Waals surface area contributed by atoms with E-state index in [1.165, 1.54) is 0 Å². The second kappa shape index (κ2) is 10.9. The predicted octanol–water partition coefficient (Wildman–Crippen LogP) is 2.64. The number of benzene rings is 1. The van der Waals surface area contributed by atoms with E-state index in [2.05, 4.69) is 32.7 Å². The molecule has 1 unspecified atom stereocenters. The maximum atomic E-state index is 12.4. The molecule has 0 saturated heterocycles. The van der Waals surface area contributed by atoms with Crippen LogP contribution in [-0.4, -0.2) is 24.5 Å². The fourth-order valence-corrected chi connectivity index (χ4v) is 2.41. The number of para-hydroxylation sites is 1. The summed E-state index contributed by atoms with van der Waals surface area (Å²) in [6.45, 7) is 8.75. The van der Waals surface area contributed by atoms with Crippen LogP contribution in [0, 0.1) is 0 Å². The lowest BCUT2D eigenvalue weighted by atomic mass is 9.94. The van der Waals surface area contributed by atoms with Crippen LogP contribution in [0.25, 0.3) is 0 Å². The van der Waals surface area contributed by atoms with E-state index in [4.69, 9.17) is 21.9 Å². The predicted molar refractivity (Wildman–Crippen MR) is 105 cm³/mol. The first kappa shape index (κ1) is 23.2. The summed E-state index contributed by atoms with van der Waals surface area (Å²) in [6, 6.07) is 5.28. The monoisotopic (exact) mass is 370 g/mol. The highest BCUT2D eigenvalue weighted by Gasteiger charge is 2.21. The maximum absolute atomic E-state index is 12.4. The molecule has 0 aliphatic heterocycles. The molecule has 6 nitrogen and oxygen atoms in total. The molecule has 0 spiro atoms. The fraction of sp³-hybridized carbons (Fsp3) is 0.556. The summed E-state index contributed by atoms with van der Waals surface area (Å²) in [7, 11) is 0. The Morgan fingerprint density at radius 2 is 1.64 bits per heavy atom. The van der Waals surface area contributed by atoms with Crippen molar-refractivity contribution in [1.29, 1.82) is 0 Å². The van der Waals surface area contributed by atoms with Gasteiger partial charge in [0.25, 0.3) is 0 Å². The summed E-state index contributed by atoms with van der Waals surface area (Å²) in [5.74, 6) is 0.773. The van der Waals surface area contributed by atoms with Crippen LogP contribution >= 0.6 is 12.4 Å². The Balaban J connectivity index is 0.00000576. The molecule has 0 fully saturated rings. The molecule has 0 bridgehead atoms. The van der Waals surface area contributed by atoms with Crippen LogP contribution in [0.15, 0.2) is 23.2 Å². The molecule has 0 saturated carbocycles. The molecule has 25 heavy (non-hydrogen) atoms. The Morgan fingerprint density at radius 3 is 2.08 bits per heavy atom. The molecule has 7 heteroatoms. The zero-order valence-corrected chi connectivity index (χ0v) is 16.3. The van der Waals surface area contributed by atoms with Gasteiger partial charge in [0.1, 0.15) is 11.8 Å². The Hall–Kier alpha value is -1.79. The van der Waals surface area contributed by atoms with Crippen molar-refractivity contribution in [3.8, 4) is 5.75 Å². The molecule has 0 amide bonds. The highest BCUT2D eigenvalue weighted by atomic mass is 35.5. The van der Waals surface area contributed by atoms with Gasteiger partial charge in [0.15, 0.2) is 5.96 Å². The number of halogens is 1. The molecule has 142 valence electrons. The number of carbonyl (C=O) groups excluding carboxylic acids is 1. The average molecular weight is 371 g/mol. The van der Waals surface area contributed by atoms with Crippen LogP contribution in [-0.2, 0) is 4.79 Å². The summed E-state index contributed by atoms with van der Waals surface area (Å²) in [5, 5.41) is 0. The minimum atomic E-state index is -0.695. The van der Waals surface area contributed by atoms with E-state index in [0.29, 0.717) is 25.1 Å². The SMILES string of the molecule is CC(C)c1cccc(C(C)C)c1OC(=O)C(N)CCCN=C(N)N.Cl. The van der Waals surface area contributed by atoms with Crippen molar-refractivity contribution in [2.75, 3.05) is 6.54 Å². The molecule has 0 aromatic heterocycles. The minimum Gasteiger partial charge on any atom is -0.425 e. The van der Waals surface area contributed by atoms with Gasteiger partial charge in [-0.25, -0.2) is 4.79 Å². The van der Waals surface area contributed by atoms with Crippen molar-refractivity contribution >= 4 is 24.3 Å². The smallest absolute Gasteiger partial charge is 0.328 e. The number of nitrogens with two attached hydrogens (primary N) is 3. The van der Waals surface area contributed by atoms with Gasteiger partial charge >= 0.3 is 5.97 Å². The molecule has 0 aliphatic carbocycles. The first-order valence-corrected chi connectivity index (χ1v) is 8.39. The number of ether oxygens (including phenoxy) is 1. The summed E-state index contributed by atoms with van der Waals surface area (Å²) in [4.78, 5) is 16.2. The van der Waals surface area contributed by atoms with Crippen LogP contribution in [0.1, 0.15) is 63.5 Å². The fourth-order valence-electron chi connectivity index (χ4n) is 2.41. The molecule has 1 rings (SSSR count). The maximum Gasteiger partial charge on any atom is 0.328 e. The molecule has 1 aromatic rings. The second-order valence-electron chi connectivity index (χ2n) is 6.55. The summed E-state index contributed by atoms with van der Waals surface area (Å²) in [5.41, 5.74) is 18.5. The first-order valence-electron chi connectivity index (χ1n) is 8.39. The van der Waals surface area contributed by atoms with Gasteiger partial charge in [0.05, 0.1) is 0 Å². The van der Waals surface area contributed by atoms with E-state index in [0.717, 1.165) is 11.1 Å². The van der Waals surface area contributed by atoms with Crippen molar-refractivity contribution in [3.05, 3.63) is 29.3 Å². The normalized spacial score (nSPS) is 11.8. The Kier molecular flexibility index (Phi) is 10.2. The zero-order valence-electron chi connectivity index (χ0n) is 15.5. The van der Waals surface area contributed by atoms with Crippen molar-refractivity contribution in [3.63, 3.8) is 0 Å². The minimum absolute atomic E-state index is 0. The van der Waals surface area contributed by atoms with Crippen LogP contribution in [0.4, 0.5) is 0 Å². The number of hydrogen-bond donors (Lipinski definition) is 3. The number of carbonyl (C=O) groups is 1. The van der Waals surface area contributed by atoms with E-state index in [1.54, 1.807) is 0 Å². The quantitative estimate of drug-likeness (QED) is 0.214. The third-order valence-corrected chi connectivity index (χ3v) is 3.79. The van der Waals surface area contributed by atoms with Crippen LogP contribution < -0.4 is 21.9 Å². The van der Waals surface area contributed by atoms with E-state index in [-0.39, 0.29) is 30.2 Å². The van der Waals surface area contributed by atoms with Gasteiger partial charge in [-0.1, -0.05) is 45.9 Å². The molecular weight excluding hydrogens is 340 g/mol. The van der Waals surface area contributed by atoms with Gasteiger partial charge < -0.3 is 21.9 Å². The zero-order chi connectivity index (χ0) is 18.3. The summed E-state index contributed by atoms with van der Waals surface area (Å²) >= 11 is 0. The average Bonchev–Trinajstić information content (AvgIpc) is 2.50. The molecule has 1 aromatic carbocycles. The van der Waals surface area contributed by atoms with Crippen molar-refractivity contribution in [1.82, 2.24) is 0 Å². The number of esters is 1. The standard InChI is InChI=1S/C18H30N4O2.ClH/c1-11(2)13-7-5-8-14(12(3)4)16(13)24-17(23)15(19)9-6-10-22-18(20)21;/h5,7-8,11-12,15H,6,9-10,19H2,1-4H3,(H4,20,21,22);1H. The first-order chi connectivity index (χ1) is 11.2. The lowest BCUT2D eigenvalue weighted by Crippen LogP contribution is -2.35. The van der Waals surface area contributed by atoms with Gasteiger partial charge in [-0.15, -0.1) is 12.4 Å². The molecule has 0 heterocycles. The van der Waals surface area contributed by atoms with Crippen molar-refractivity contribution in [2.45, 2.75) is 58.4 Å².